The van der Waals surface area contributed by atoms with Crippen LogP contribution in [0.1, 0.15) is 17.8 Å². The van der Waals surface area contributed by atoms with Gasteiger partial charge in [0.1, 0.15) is 0 Å². The smallest absolute Gasteiger partial charge is 0.317 e. The SMILES string of the molecule is Cc1nn(C)c(CN(CC(=O)O)C2CCS(=O)(=O)C2)c1Br. The number of aromatic nitrogens is 2. The number of carboxylic acid groups (broad SMARTS) is 1. The molecule has 1 aromatic heterocycles. The minimum atomic E-state index is -3.05. The molecule has 0 amide bonds. The highest BCUT2D eigenvalue weighted by molar-refractivity contribution is 9.10. The van der Waals surface area contributed by atoms with Crippen molar-refractivity contribution in [3.8, 4) is 0 Å². The standard InChI is InChI=1S/C12H18BrN3O4S/c1-8-12(13)10(15(2)14-8)5-16(6-11(17)18)9-3-4-21(19,20)7-9/h9H,3-7H2,1-2H3,(H,17,18). The molecule has 0 aliphatic carbocycles. The van der Waals surface area contributed by atoms with E-state index in [1.807, 2.05) is 6.92 Å². The van der Waals surface area contributed by atoms with Crippen LogP contribution in [-0.4, -0.2) is 58.3 Å². The molecule has 1 N–H and O–H groups in total. The zero-order chi connectivity index (χ0) is 15.8. The highest BCUT2D eigenvalue weighted by atomic mass is 79.9. The van der Waals surface area contributed by atoms with Gasteiger partial charge in [0.15, 0.2) is 9.84 Å². The van der Waals surface area contributed by atoms with Crippen molar-refractivity contribution in [2.45, 2.75) is 25.9 Å². The van der Waals surface area contributed by atoms with Crippen molar-refractivity contribution in [1.29, 1.82) is 0 Å². The van der Waals surface area contributed by atoms with E-state index in [2.05, 4.69) is 21.0 Å². The Morgan fingerprint density at radius 3 is 2.67 bits per heavy atom. The number of carboxylic acids is 1. The van der Waals surface area contributed by atoms with Crippen molar-refractivity contribution in [3.05, 3.63) is 15.9 Å². The van der Waals surface area contributed by atoms with E-state index < -0.39 is 15.8 Å². The molecular formula is C12H18BrN3O4S. The minimum Gasteiger partial charge on any atom is -0.480 e. The van der Waals surface area contributed by atoms with Crippen molar-refractivity contribution in [1.82, 2.24) is 14.7 Å². The van der Waals surface area contributed by atoms with Crippen LogP contribution in [0, 0.1) is 6.92 Å². The van der Waals surface area contributed by atoms with Crippen LogP contribution < -0.4 is 0 Å². The molecule has 7 nitrogen and oxygen atoms in total. The molecular weight excluding hydrogens is 362 g/mol. The van der Waals surface area contributed by atoms with Crippen molar-refractivity contribution < 1.29 is 18.3 Å². The van der Waals surface area contributed by atoms with Gasteiger partial charge < -0.3 is 5.11 Å². The maximum Gasteiger partial charge on any atom is 0.317 e. The van der Waals surface area contributed by atoms with Crippen LogP contribution >= 0.6 is 15.9 Å². The van der Waals surface area contributed by atoms with E-state index in [4.69, 9.17) is 5.11 Å². The molecule has 1 aliphatic rings. The van der Waals surface area contributed by atoms with Crippen LogP contribution in [0.15, 0.2) is 4.47 Å². The van der Waals surface area contributed by atoms with Crippen LogP contribution in [0.5, 0.6) is 0 Å². The molecule has 0 radical (unpaired) electrons. The second kappa shape index (κ2) is 6.05. The van der Waals surface area contributed by atoms with Crippen molar-refractivity contribution >= 4 is 31.7 Å². The summed E-state index contributed by atoms with van der Waals surface area (Å²) in [6.45, 7) is 2.02. The molecule has 21 heavy (non-hydrogen) atoms. The van der Waals surface area contributed by atoms with Crippen molar-refractivity contribution in [2.24, 2.45) is 7.05 Å². The highest BCUT2D eigenvalue weighted by Crippen LogP contribution is 2.25. The summed E-state index contributed by atoms with van der Waals surface area (Å²) < 4.78 is 25.8. The predicted molar refractivity (Wildman–Crippen MR) is 80.7 cm³/mol. The molecule has 1 unspecified atom stereocenters. The van der Waals surface area contributed by atoms with Gasteiger partial charge in [-0.2, -0.15) is 5.10 Å². The third-order valence-electron chi connectivity index (χ3n) is 3.68. The average Bonchev–Trinajstić information content (AvgIpc) is 2.82. The molecule has 1 aliphatic heterocycles. The third kappa shape index (κ3) is 3.83. The van der Waals surface area contributed by atoms with E-state index in [0.29, 0.717) is 13.0 Å². The molecule has 1 saturated heterocycles. The number of hydrogen-bond donors (Lipinski definition) is 1. The minimum absolute atomic E-state index is 0.0226. The lowest BCUT2D eigenvalue weighted by Gasteiger charge is -2.26. The lowest BCUT2D eigenvalue weighted by Crippen LogP contribution is -2.39. The first-order chi connectivity index (χ1) is 9.69. The van der Waals surface area contributed by atoms with E-state index in [1.54, 1.807) is 16.6 Å². The lowest BCUT2D eigenvalue weighted by molar-refractivity contribution is -0.139. The Kier molecular flexibility index (Phi) is 4.74. The fourth-order valence-electron chi connectivity index (χ4n) is 2.60. The van der Waals surface area contributed by atoms with Crippen LogP contribution in [-0.2, 0) is 28.2 Å². The van der Waals surface area contributed by atoms with Gasteiger partial charge in [-0.15, -0.1) is 0 Å². The number of rotatable bonds is 5. The number of hydrogen-bond acceptors (Lipinski definition) is 5. The monoisotopic (exact) mass is 379 g/mol. The van der Waals surface area contributed by atoms with Gasteiger partial charge in [0.2, 0.25) is 0 Å². The molecule has 0 saturated carbocycles. The van der Waals surface area contributed by atoms with Gasteiger partial charge in [0.25, 0.3) is 0 Å². The quantitative estimate of drug-likeness (QED) is 0.803. The van der Waals surface area contributed by atoms with E-state index in [1.165, 1.54) is 0 Å². The maximum atomic E-state index is 11.6. The molecule has 0 aromatic carbocycles. The number of sulfone groups is 1. The maximum absolute atomic E-state index is 11.6. The first-order valence-electron chi connectivity index (χ1n) is 6.54. The Hall–Kier alpha value is -0.930. The van der Waals surface area contributed by atoms with E-state index >= 15 is 0 Å². The third-order valence-corrected chi connectivity index (χ3v) is 6.46. The van der Waals surface area contributed by atoms with Gasteiger partial charge in [-0.1, -0.05) is 0 Å². The molecule has 1 atom stereocenters. The van der Waals surface area contributed by atoms with Crippen LogP contribution in [0.2, 0.25) is 0 Å². The first kappa shape index (κ1) is 16.4. The number of aryl methyl sites for hydroxylation is 2. The zero-order valence-electron chi connectivity index (χ0n) is 11.9. The van der Waals surface area contributed by atoms with E-state index in [0.717, 1.165) is 15.9 Å². The highest BCUT2D eigenvalue weighted by Gasteiger charge is 2.33. The van der Waals surface area contributed by atoms with Crippen LogP contribution in [0.3, 0.4) is 0 Å². The Morgan fingerprint density at radius 1 is 1.57 bits per heavy atom. The van der Waals surface area contributed by atoms with Crippen molar-refractivity contribution in [2.75, 3.05) is 18.1 Å². The fraction of sp³-hybridized carbons (Fsp3) is 0.667. The molecule has 1 aromatic rings. The number of halogens is 1. The Labute approximate surface area is 132 Å². The average molecular weight is 380 g/mol. The summed E-state index contributed by atoms with van der Waals surface area (Å²) >= 11 is 3.45. The van der Waals surface area contributed by atoms with Gasteiger partial charge in [-0.25, -0.2) is 8.42 Å². The molecule has 0 bridgehead atoms. The zero-order valence-corrected chi connectivity index (χ0v) is 14.3. The number of aliphatic carboxylic acids is 1. The summed E-state index contributed by atoms with van der Waals surface area (Å²) in [4.78, 5) is 12.8. The summed E-state index contributed by atoms with van der Waals surface area (Å²) in [5.74, 6) is -0.817. The largest absolute Gasteiger partial charge is 0.480 e. The summed E-state index contributed by atoms with van der Waals surface area (Å²) in [5, 5.41) is 13.3. The van der Waals surface area contributed by atoms with Gasteiger partial charge in [0, 0.05) is 19.6 Å². The topological polar surface area (TPSA) is 92.5 Å². The Balaban J connectivity index is 2.23. The number of carbonyl (C=O) groups is 1. The van der Waals surface area contributed by atoms with Gasteiger partial charge >= 0.3 is 5.97 Å². The summed E-state index contributed by atoms with van der Waals surface area (Å²) in [5.41, 5.74) is 1.67. The lowest BCUT2D eigenvalue weighted by atomic mass is 10.2. The van der Waals surface area contributed by atoms with Crippen molar-refractivity contribution in [3.63, 3.8) is 0 Å². The van der Waals surface area contributed by atoms with Gasteiger partial charge in [-0.3, -0.25) is 14.4 Å². The van der Waals surface area contributed by atoms with E-state index in [-0.39, 0.29) is 24.1 Å². The van der Waals surface area contributed by atoms with E-state index in [9.17, 15) is 13.2 Å². The van der Waals surface area contributed by atoms with Crippen LogP contribution in [0.25, 0.3) is 0 Å². The predicted octanol–water partition coefficient (Wildman–Crippen LogP) is 0.565. The summed E-state index contributed by atoms with van der Waals surface area (Å²) in [7, 11) is -1.26. The Morgan fingerprint density at radius 2 is 2.24 bits per heavy atom. The van der Waals surface area contributed by atoms with Gasteiger partial charge in [-0.05, 0) is 29.3 Å². The summed E-state index contributed by atoms with van der Waals surface area (Å²) in [6, 6.07) is -0.256. The molecule has 0 spiro atoms. The molecule has 2 rings (SSSR count). The molecule has 2 heterocycles. The fourth-order valence-corrected chi connectivity index (χ4v) is 4.82. The molecule has 9 heteroatoms. The Bertz CT molecular complexity index is 656. The summed E-state index contributed by atoms with van der Waals surface area (Å²) in [6.07, 6.45) is 0.476. The first-order valence-corrected chi connectivity index (χ1v) is 9.15. The van der Waals surface area contributed by atoms with Gasteiger partial charge in [0.05, 0.1) is 33.9 Å². The molecule has 1 fully saturated rings. The molecule has 118 valence electrons. The number of nitrogens with zero attached hydrogens (tertiary/aromatic N) is 3. The second-order valence-electron chi connectivity index (χ2n) is 5.33. The second-order valence-corrected chi connectivity index (χ2v) is 8.35. The van der Waals surface area contributed by atoms with Crippen LogP contribution in [0.4, 0.5) is 0 Å². The normalized spacial score (nSPS) is 21.0.